The summed E-state index contributed by atoms with van der Waals surface area (Å²) in [5, 5.41) is 0. The van der Waals surface area contributed by atoms with E-state index in [-0.39, 0.29) is 6.61 Å². The van der Waals surface area contributed by atoms with Gasteiger partial charge in [-0.25, -0.2) is 4.79 Å². The summed E-state index contributed by atoms with van der Waals surface area (Å²) in [6.45, 7) is 3.94. The number of halogens is 1. The lowest BCUT2D eigenvalue weighted by Crippen LogP contribution is -2.35. The van der Waals surface area contributed by atoms with Crippen molar-refractivity contribution in [2.45, 2.75) is 24.8 Å². The van der Waals surface area contributed by atoms with Gasteiger partial charge < -0.3 is 9.47 Å². The van der Waals surface area contributed by atoms with Crippen LogP contribution in [0.4, 0.5) is 0 Å². The first-order valence-corrected chi connectivity index (χ1v) is 6.89. The molecule has 2 atom stereocenters. The number of carbonyl (C=O) groups excluding carboxylic acids is 2. The molecule has 19 heavy (non-hydrogen) atoms. The maximum atomic E-state index is 12.1. The normalized spacial score (nSPS) is 22.7. The second kappa shape index (κ2) is 5.33. The Labute approximate surface area is 120 Å². The number of rotatable bonds is 3. The van der Waals surface area contributed by atoms with Crippen LogP contribution in [0.2, 0.25) is 0 Å². The van der Waals surface area contributed by atoms with Gasteiger partial charge in [0.2, 0.25) is 6.10 Å². The second-order valence-electron chi connectivity index (χ2n) is 5.19. The van der Waals surface area contributed by atoms with E-state index in [4.69, 9.17) is 9.47 Å². The van der Waals surface area contributed by atoms with E-state index in [1.807, 2.05) is 44.2 Å². The summed E-state index contributed by atoms with van der Waals surface area (Å²) in [6, 6.07) is 9.18. The average molecular weight is 327 g/mol. The van der Waals surface area contributed by atoms with Crippen LogP contribution in [0.15, 0.2) is 30.3 Å². The van der Waals surface area contributed by atoms with E-state index in [1.165, 1.54) is 0 Å². The van der Waals surface area contributed by atoms with E-state index in [1.54, 1.807) is 0 Å². The highest BCUT2D eigenvalue weighted by molar-refractivity contribution is 9.09. The lowest BCUT2D eigenvalue weighted by molar-refractivity contribution is -0.162. The fourth-order valence-corrected chi connectivity index (χ4v) is 2.28. The molecule has 102 valence electrons. The number of hydrogen-bond donors (Lipinski definition) is 0. The minimum absolute atomic E-state index is 0.266. The molecule has 1 heterocycles. The van der Waals surface area contributed by atoms with Gasteiger partial charge in [0.15, 0.2) is 0 Å². The molecule has 0 radical (unpaired) electrons. The Balaban J connectivity index is 2.07. The predicted octanol–water partition coefficient (Wildman–Crippen LogP) is 2.62. The Morgan fingerprint density at radius 2 is 2.05 bits per heavy atom. The smallest absolute Gasteiger partial charge is 0.348 e. The second-order valence-corrected chi connectivity index (χ2v) is 6.10. The zero-order chi connectivity index (χ0) is 14.0. The van der Waals surface area contributed by atoms with Crippen molar-refractivity contribution >= 4 is 27.9 Å². The molecule has 4 nitrogen and oxygen atoms in total. The summed E-state index contributed by atoms with van der Waals surface area (Å²) >= 11 is 3.29. The van der Waals surface area contributed by atoms with Crippen molar-refractivity contribution in [1.29, 1.82) is 0 Å². The number of benzene rings is 1. The molecule has 1 fully saturated rings. The van der Waals surface area contributed by atoms with Gasteiger partial charge in [-0.3, -0.25) is 4.79 Å². The van der Waals surface area contributed by atoms with Gasteiger partial charge in [-0.15, -0.1) is 0 Å². The van der Waals surface area contributed by atoms with Crippen LogP contribution < -0.4 is 0 Å². The molecule has 0 N–H and O–H groups in total. The standard InChI is InChI=1S/C14H15BrO4/c1-14(2)8-18-13(17)11(14)19-12(16)10(15)9-6-4-3-5-7-9/h3-7,10-11H,8H2,1-2H3/t10?,11-/m0/s1. The van der Waals surface area contributed by atoms with Crippen LogP contribution in [0, 0.1) is 5.41 Å². The van der Waals surface area contributed by atoms with Crippen LogP contribution in [0.25, 0.3) is 0 Å². The van der Waals surface area contributed by atoms with E-state index in [9.17, 15) is 9.59 Å². The predicted molar refractivity (Wildman–Crippen MR) is 72.7 cm³/mol. The fourth-order valence-electron chi connectivity index (χ4n) is 1.87. The van der Waals surface area contributed by atoms with E-state index in [2.05, 4.69) is 15.9 Å². The van der Waals surface area contributed by atoms with E-state index in [0.717, 1.165) is 5.56 Å². The average Bonchev–Trinajstić information content (AvgIpc) is 2.65. The SMILES string of the molecule is CC1(C)COC(=O)[C@@H]1OC(=O)C(Br)c1ccccc1. The van der Waals surface area contributed by atoms with Crippen molar-refractivity contribution in [2.24, 2.45) is 5.41 Å². The van der Waals surface area contributed by atoms with Crippen LogP contribution in [0.1, 0.15) is 24.2 Å². The molecule has 5 heteroatoms. The molecule has 0 amide bonds. The molecule has 1 unspecified atom stereocenters. The Hall–Kier alpha value is -1.36. The van der Waals surface area contributed by atoms with Gasteiger partial charge in [0.1, 0.15) is 11.4 Å². The lowest BCUT2D eigenvalue weighted by atomic mass is 9.90. The summed E-state index contributed by atoms with van der Waals surface area (Å²) in [5.74, 6) is -0.964. The Bertz CT molecular complexity index is 483. The van der Waals surface area contributed by atoms with Gasteiger partial charge >= 0.3 is 11.9 Å². The Morgan fingerprint density at radius 3 is 2.58 bits per heavy atom. The maximum absolute atomic E-state index is 12.1. The molecule has 0 saturated carbocycles. The molecule has 1 aliphatic heterocycles. The van der Waals surface area contributed by atoms with Gasteiger partial charge in [0, 0.05) is 5.41 Å². The number of alkyl halides is 1. The van der Waals surface area contributed by atoms with Gasteiger partial charge in [-0.2, -0.15) is 0 Å². The summed E-state index contributed by atoms with van der Waals surface area (Å²) < 4.78 is 10.2. The molecule has 2 rings (SSSR count). The molecule has 1 aromatic carbocycles. The number of hydrogen-bond acceptors (Lipinski definition) is 4. The summed E-state index contributed by atoms with van der Waals surface area (Å²) in [7, 11) is 0. The zero-order valence-corrected chi connectivity index (χ0v) is 12.3. The van der Waals surface area contributed by atoms with Crippen molar-refractivity contribution in [1.82, 2.24) is 0 Å². The first-order chi connectivity index (χ1) is 8.92. The fraction of sp³-hybridized carbons (Fsp3) is 0.429. The van der Waals surface area contributed by atoms with Gasteiger partial charge in [-0.1, -0.05) is 60.1 Å². The van der Waals surface area contributed by atoms with Crippen LogP contribution in [-0.2, 0) is 19.1 Å². The Morgan fingerprint density at radius 1 is 1.42 bits per heavy atom. The number of carbonyl (C=O) groups is 2. The highest BCUT2D eigenvalue weighted by Crippen LogP contribution is 2.33. The highest BCUT2D eigenvalue weighted by atomic mass is 79.9. The van der Waals surface area contributed by atoms with Gasteiger partial charge in [0.25, 0.3) is 0 Å². The number of cyclic esters (lactones) is 1. The minimum atomic E-state index is -0.844. The molecule has 1 aliphatic rings. The first-order valence-electron chi connectivity index (χ1n) is 5.98. The van der Waals surface area contributed by atoms with Gasteiger partial charge in [0.05, 0.1) is 0 Å². The molecule has 0 bridgehead atoms. The highest BCUT2D eigenvalue weighted by Gasteiger charge is 2.47. The molecule has 0 aliphatic carbocycles. The maximum Gasteiger partial charge on any atom is 0.348 e. The third kappa shape index (κ3) is 2.97. The third-order valence-electron chi connectivity index (χ3n) is 3.04. The van der Waals surface area contributed by atoms with Crippen molar-refractivity contribution in [2.75, 3.05) is 6.61 Å². The van der Waals surface area contributed by atoms with Crippen LogP contribution in [-0.4, -0.2) is 24.6 Å². The van der Waals surface area contributed by atoms with E-state index >= 15 is 0 Å². The van der Waals surface area contributed by atoms with Crippen molar-refractivity contribution in [3.05, 3.63) is 35.9 Å². The quantitative estimate of drug-likeness (QED) is 0.633. The van der Waals surface area contributed by atoms with Crippen molar-refractivity contribution in [3.8, 4) is 0 Å². The monoisotopic (exact) mass is 326 g/mol. The van der Waals surface area contributed by atoms with E-state index in [0.29, 0.717) is 0 Å². The Kier molecular flexibility index (Phi) is 3.94. The molecular weight excluding hydrogens is 312 g/mol. The summed E-state index contributed by atoms with van der Waals surface area (Å²) in [6.07, 6.45) is -0.844. The van der Waals surface area contributed by atoms with Crippen LogP contribution >= 0.6 is 15.9 Å². The summed E-state index contributed by atoms with van der Waals surface area (Å²) in [5.41, 5.74) is 0.299. The largest absolute Gasteiger partial charge is 0.462 e. The lowest BCUT2D eigenvalue weighted by Gasteiger charge is -2.22. The minimum Gasteiger partial charge on any atom is -0.462 e. The molecule has 0 aromatic heterocycles. The van der Waals surface area contributed by atoms with E-state index < -0.39 is 28.3 Å². The summed E-state index contributed by atoms with van der Waals surface area (Å²) in [4.78, 5) is 23.0. The van der Waals surface area contributed by atoms with Crippen molar-refractivity contribution in [3.63, 3.8) is 0 Å². The topological polar surface area (TPSA) is 52.6 Å². The third-order valence-corrected chi connectivity index (χ3v) is 3.95. The van der Waals surface area contributed by atoms with Crippen LogP contribution in [0.5, 0.6) is 0 Å². The first kappa shape index (κ1) is 14.1. The number of esters is 2. The molecular formula is C14H15BrO4. The van der Waals surface area contributed by atoms with Crippen molar-refractivity contribution < 1.29 is 19.1 Å². The molecule has 1 aromatic rings. The molecule has 1 saturated heterocycles. The zero-order valence-electron chi connectivity index (χ0n) is 10.8. The van der Waals surface area contributed by atoms with Gasteiger partial charge in [-0.05, 0) is 5.56 Å². The van der Waals surface area contributed by atoms with Crippen LogP contribution in [0.3, 0.4) is 0 Å². The number of ether oxygens (including phenoxy) is 2. The molecule has 0 spiro atoms.